The minimum Gasteiger partial charge on any atom is -0.308 e. The minimum absolute atomic E-state index is 0. The molecule has 0 amide bonds. The molecular weight excluding hydrogens is 281 g/mol. The quantitative estimate of drug-likeness (QED) is 0.813. The molecule has 7 heteroatoms. The van der Waals surface area contributed by atoms with Crippen molar-refractivity contribution in [3.63, 3.8) is 0 Å². The summed E-state index contributed by atoms with van der Waals surface area (Å²) in [7, 11) is 0. The highest BCUT2D eigenvalue weighted by atomic mass is 35.5. The van der Waals surface area contributed by atoms with Gasteiger partial charge in [-0.1, -0.05) is 6.92 Å². The normalized spacial score (nSPS) is 10.5. The Labute approximate surface area is 124 Å². The largest absolute Gasteiger partial charge is 0.308 e. The summed E-state index contributed by atoms with van der Waals surface area (Å²) >= 11 is 0. The van der Waals surface area contributed by atoms with Crippen LogP contribution in [0.2, 0.25) is 0 Å². The van der Waals surface area contributed by atoms with Gasteiger partial charge in [0.2, 0.25) is 0 Å². The van der Waals surface area contributed by atoms with Crippen LogP contribution in [0, 0.1) is 0 Å². The molecule has 0 bridgehead atoms. The van der Waals surface area contributed by atoms with Crippen molar-refractivity contribution >= 4 is 12.4 Å². The summed E-state index contributed by atoms with van der Waals surface area (Å²) < 4.78 is 15.7. The second-order valence-corrected chi connectivity index (χ2v) is 4.52. The van der Waals surface area contributed by atoms with E-state index in [0.29, 0.717) is 6.54 Å². The molecule has 0 spiro atoms. The number of aryl methyl sites for hydroxylation is 2. The van der Waals surface area contributed by atoms with E-state index in [0.717, 1.165) is 31.6 Å². The maximum absolute atomic E-state index is 12.1. The number of nitrogens with one attached hydrogen (secondary N) is 1. The maximum Gasteiger partial charge on any atom is 0.109 e. The molecule has 2 aromatic rings. The van der Waals surface area contributed by atoms with E-state index in [2.05, 4.69) is 28.6 Å². The van der Waals surface area contributed by atoms with Gasteiger partial charge in [0.05, 0.1) is 18.9 Å². The smallest absolute Gasteiger partial charge is 0.109 e. The summed E-state index contributed by atoms with van der Waals surface area (Å²) in [5, 5.41) is 11.7. The number of alkyl halides is 1. The third kappa shape index (κ3) is 4.94. The number of hydrogen-bond acceptors (Lipinski definition) is 3. The molecule has 0 aliphatic carbocycles. The Morgan fingerprint density at radius 1 is 1.05 bits per heavy atom. The average molecular weight is 302 g/mol. The lowest BCUT2D eigenvalue weighted by Crippen LogP contribution is -2.11. The predicted octanol–water partition coefficient (Wildman–Crippen LogP) is 2.17. The highest BCUT2D eigenvalue weighted by Crippen LogP contribution is 2.01. The van der Waals surface area contributed by atoms with E-state index in [-0.39, 0.29) is 19.1 Å². The van der Waals surface area contributed by atoms with Crippen LogP contribution in [0.4, 0.5) is 4.39 Å². The Morgan fingerprint density at radius 2 is 1.60 bits per heavy atom. The molecule has 0 aliphatic rings. The first kappa shape index (κ1) is 16.7. The first-order valence-electron chi connectivity index (χ1n) is 6.61. The third-order valence-corrected chi connectivity index (χ3v) is 2.80. The van der Waals surface area contributed by atoms with Crippen molar-refractivity contribution in [1.29, 1.82) is 0 Å². The third-order valence-electron chi connectivity index (χ3n) is 2.80. The number of nitrogens with zero attached hydrogens (tertiary/aromatic N) is 4. The Balaban J connectivity index is 0.00000200. The molecule has 0 saturated carbocycles. The van der Waals surface area contributed by atoms with Gasteiger partial charge in [-0.3, -0.25) is 9.36 Å². The van der Waals surface area contributed by atoms with Crippen molar-refractivity contribution in [2.24, 2.45) is 0 Å². The van der Waals surface area contributed by atoms with Gasteiger partial charge in [0.25, 0.3) is 0 Å². The van der Waals surface area contributed by atoms with Crippen LogP contribution in [0.5, 0.6) is 0 Å². The Bertz CT molecular complexity index is 452. The number of aromatic nitrogens is 4. The first-order chi connectivity index (χ1) is 9.31. The SMILES string of the molecule is CCCn1cc(CNCc2cnn(CCF)c2)cn1.Cl. The van der Waals surface area contributed by atoms with E-state index in [9.17, 15) is 4.39 Å². The fraction of sp³-hybridized carbons (Fsp3) is 0.538. The molecule has 0 saturated heterocycles. The van der Waals surface area contributed by atoms with Crippen molar-refractivity contribution in [2.75, 3.05) is 6.67 Å². The van der Waals surface area contributed by atoms with Gasteiger partial charge in [-0.2, -0.15) is 10.2 Å². The summed E-state index contributed by atoms with van der Waals surface area (Å²) in [6, 6.07) is 0. The molecule has 2 heterocycles. The molecule has 2 aromatic heterocycles. The predicted molar refractivity (Wildman–Crippen MR) is 78.5 cm³/mol. The molecule has 0 radical (unpaired) electrons. The van der Waals surface area contributed by atoms with Crippen LogP contribution in [0.1, 0.15) is 24.5 Å². The lowest BCUT2D eigenvalue weighted by Gasteiger charge is -2.00. The minimum atomic E-state index is -0.384. The van der Waals surface area contributed by atoms with Crippen molar-refractivity contribution in [2.45, 2.75) is 39.5 Å². The van der Waals surface area contributed by atoms with Crippen LogP contribution in [0.25, 0.3) is 0 Å². The van der Waals surface area contributed by atoms with Gasteiger partial charge < -0.3 is 5.32 Å². The summed E-state index contributed by atoms with van der Waals surface area (Å²) in [6.45, 7) is 4.53. The van der Waals surface area contributed by atoms with Crippen LogP contribution < -0.4 is 5.32 Å². The van der Waals surface area contributed by atoms with Crippen molar-refractivity contribution < 1.29 is 4.39 Å². The maximum atomic E-state index is 12.1. The summed E-state index contributed by atoms with van der Waals surface area (Å²) in [5.41, 5.74) is 2.24. The van der Waals surface area contributed by atoms with Gasteiger partial charge in [0.15, 0.2) is 0 Å². The number of halogens is 2. The first-order valence-corrected chi connectivity index (χ1v) is 6.61. The zero-order valence-corrected chi connectivity index (χ0v) is 12.4. The van der Waals surface area contributed by atoms with E-state index < -0.39 is 0 Å². The number of hydrogen-bond donors (Lipinski definition) is 1. The molecule has 0 aliphatic heterocycles. The fourth-order valence-corrected chi connectivity index (χ4v) is 1.91. The summed E-state index contributed by atoms with van der Waals surface area (Å²) in [6.07, 6.45) is 8.66. The van der Waals surface area contributed by atoms with Gasteiger partial charge >= 0.3 is 0 Å². The second-order valence-electron chi connectivity index (χ2n) is 4.52. The Kier molecular flexibility index (Phi) is 7.25. The van der Waals surface area contributed by atoms with Crippen molar-refractivity contribution in [3.05, 3.63) is 35.9 Å². The van der Waals surface area contributed by atoms with E-state index >= 15 is 0 Å². The van der Waals surface area contributed by atoms with Crippen molar-refractivity contribution in [3.8, 4) is 0 Å². The van der Waals surface area contributed by atoms with Crippen LogP contribution in [-0.2, 0) is 26.2 Å². The van der Waals surface area contributed by atoms with Gasteiger partial charge in [0.1, 0.15) is 6.67 Å². The lowest BCUT2D eigenvalue weighted by atomic mass is 10.3. The molecule has 0 unspecified atom stereocenters. The molecule has 20 heavy (non-hydrogen) atoms. The second kappa shape index (κ2) is 8.71. The molecule has 112 valence electrons. The van der Waals surface area contributed by atoms with Gasteiger partial charge in [0, 0.05) is 43.2 Å². The Hall–Kier alpha value is -1.40. The van der Waals surface area contributed by atoms with E-state index in [1.54, 1.807) is 10.9 Å². The van der Waals surface area contributed by atoms with E-state index in [1.807, 2.05) is 17.1 Å². The topological polar surface area (TPSA) is 47.7 Å². The summed E-state index contributed by atoms with van der Waals surface area (Å²) in [5.74, 6) is 0. The number of rotatable bonds is 8. The Morgan fingerprint density at radius 3 is 2.10 bits per heavy atom. The summed E-state index contributed by atoms with van der Waals surface area (Å²) in [4.78, 5) is 0. The molecular formula is C13H21ClFN5. The molecule has 2 rings (SSSR count). The van der Waals surface area contributed by atoms with E-state index in [1.165, 1.54) is 5.56 Å². The van der Waals surface area contributed by atoms with Crippen LogP contribution >= 0.6 is 12.4 Å². The zero-order valence-electron chi connectivity index (χ0n) is 11.6. The highest BCUT2D eigenvalue weighted by Gasteiger charge is 2.00. The van der Waals surface area contributed by atoms with Gasteiger partial charge in [-0.15, -0.1) is 12.4 Å². The molecule has 0 atom stereocenters. The van der Waals surface area contributed by atoms with Crippen LogP contribution in [0.3, 0.4) is 0 Å². The molecule has 0 fully saturated rings. The fourth-order valence-electron chi connectivity index (χ4n) is 1.91. The standard InChI is InChI=1S/C13H20FN5.ClH/c1-2-4-18-10-12(8-16-18)6-15-7-13-9-17-19(11-13)5-3-14;/h8-11,15H,2-7H2,1H3;1H. The van der Waals surface area contributed by atoms with Crippen LogP contribution in [0.15, 0.2) is 24.8 Å². The van der Waals surface area contributed by atoms with Gasteiger partial charge in [-0.25, -0.2) is 4.39 Å². The zero-order chi connectivity index (χ0) is 13.5. The van der Waals surface area contributed by atoms with Gasteiger partial charge in [-0.05, 0) is 6.42 Å². The molecule has 1 N–H and O–H groups in total. The van der Waals surface area contributed by atoms with E-state index in [4.69, 9.17) is 0 Å². The molecule has 0 aromatic carbocycles. The van der Waals surface area contributed by atoms with Crippen LogP contribution in [-0.4, -0.2) is 26.2 Å². The lowest BCUT2D eigenvalue weighted by molar-refractivity contribution is 0.427. The molecule has 5 nitrogen and oxygen atoms in total. The highest BCUT2D eigenvalue weighted by molar-refractivity contribution is 5.85. The van der Waals surface area contributed by atoms with Crippen molar-refractivity contribution in [1.82, 2.24) is 24.9 Å². The monoisotopic (exact) mass is 301 g/mol. The average Bonchev–Trinajstić information content (AvgIpc) is 3.01.